The third kappa shape index (κ3) is 3.51. The van der Waals surface area contributed by atoms with Gasteiger partial charge in [-0.15, -0.1) is 9.81 Å². The minimum absolute atomic E-state index is 0.291. The maximum Gasteiger partial charge on any atom is 0.252 e. The average molecular weight is 159 g/mol. The van der Waals surface area contributed by atoms with Crippen molar-refractivity contribution in [2.45, 2.75) is 12.6 Å². The molecule has 0 atom stereocenters. The van der Waals surface area contributed by atoms with Crippen molar-refractivity contribution in [2.24, 2.45) is 10.4 Å². The van der Waals surface area contributed by atoms with Crippen LogP contribution in [0.4, 0.5) is 0 Å². The van der Waals surface area contributed by atoms with Gasteiger partial charge in [0.05, 0.1) is 6.61 Å². The van der Waals surface area contributed by atoms with Crippen LogP contribution in [-0.2, 0) is 9.53 Å². The summed E-state index contributed by atoms with van der Waals surface area (Å²) in [5, 5.41) is 4.85. The quantitative estimate of drug-likeness (QED) is 0.413. The fraction of sp³-hybridized carbons (Fsp3) is 0.800. The van der Waals surface area contributed by atoms with Crippen LogP contribution in [0.15, 0.2) is 10.4 Å². The van der Waals surface area contributed by atoms with Gasteiger partial charge in [0, 0.05) is 0 Å². The van der Waals surface area contributed by atoms with E-state index in [0.717, 1.165) is 0 Å². The second kappa shape index (κ2) is 4.62. The Morgan fingerprint density at radius 1 is 1.45 bits per heavy atom. The van der Waals surface area contributed by atoms with Gasteiger partial charge in [0.1, 0.15) is 6.61 Å². The third-order valence-corrected chi connectivity index (χ3v) is 0.930. The van der Waals surface area contributed by atoms with Gasteiger partial charge in [0.25, 0.3) is 5.66 Å². The maximum absolute atomic E-state index is 9.93. The van der Waals surface area contributed by atoms with Gasteiger partial charge < -0.3 is 4.74 Å². The van der Waals surface area contributed by atoms with E-state index in [-0.39, 0.29) is 13.2 Å². The molecule has 0 spiro atoms. The summed E-state index contributed by atoms with van der Waals surface area (Å²) in [6.07, 6.45) is 1.43. The van der Waals surface area contributed by atoms with E-state index in [2.05, 4.69) is 15.1 Å². The van der Waals surface area contributed by atoms with E-state index in [4.69, 9.17) is 0 Å². The van der Waals surface area contributed by atoms with Crippen molar-refractivity contribution in [3.8, 4) is 0 Å². The molecule has 0 amide bonds. The van der Waals surface area contributed by atoms with Crippen LogP contribution in [-0.4, -0.2) is 25.2 Å². The predicted molar refractivity (Wildman–Crippen MR) is 36.5 cm³/mol. The normalized spacial score (nSPS) is 10.6. The molecule has 0 N–H and O–H groups in total. The first-order valence-electron chi connectivity index (χ1n) is 2.80. The molecule has 0 saturated heterocycles. The molecule has 6 heteroatoms. The Hall–Kier alpha value is -1.17. The lowest BCUT2D eigenvalue weighted by molar-refractivity contribution is 0.122. The predicted octanol–water partition coefficient (Wildman–Crippen LogP) is 0.362. The van der Waals surface area contributed by atoms with Crippen LogP contribution in [0.25, 0.3) is 0 Å². The molecule has 0 aromatic rings. The fourth-order valence-electron chi connectivity index (χ4n) is 0.355. The molecule has 0 saturated carbocycles. The van der Waals surface area contributed by atoms with Gasteiger partial charge in [-0.25, -0.2) is 0 Å². The van der Waals surface area contributed by atoms with Crippen LogP contribution in [0.3, 0.4) is 0 Å². The molecule has 0 unspecified atom stereocenters. The van der Waals surface area contributed by atoms with E-state index in [1.807, 2.05) is 0 Å². The van der Waals surface area contributed by atoms with Gasteiger partial charge in [-0.2, -0.15) is 0 Å². The summed E-state index contributed by atoms with van der Waals surface area (Å²) in [5.41, 5.74) is -1.63. The summed E-state index contributed by atoms with van der Waals surface area (Å²) in [6, 6.07) is 0. The lowest BCUT2D eigenvalue weighted by atomic mass is 10.3. The number of hydrogen-bond acceptors (Lipinski definition) is 6. The van der Waals surface area contributed by atoms with E-state index < -0.39 is 5.66 Å². The monoisotopic (exact) mass is 159 g/mol. The van der Waals surface area contributed by atoms with Crippen LogP contribution >= 0.6 is 0 Å². The van der Waals surface area contributed by atoms with Crippen LogP contribution in [0.2, 0.25) is 0 Å². The number of nitroso groups, excluding NO2 is 2. The summed E-state index contributed by atoms with van der Waals surface area (Å²) in [7, 11) is 0. The fourth-order valence-corrected chi connectivity index (χ4v) is 0.355. The number of rotatable bonds is 6. The van der Waals surface area contributed by atoms with Crippen molar-refractivity contribution in [1.29, 1.82) is 0 Å². The van der Waals surface area contributed by atoms with Crippen LogP contribution in [0, 0.1) is 9.81 Å². The third-order valence-electron chi connectivity index (χ3n) is 0.930. The molecule has 0 aromatic heterocycles. The van der Waals surface area contributed by atoms with E-state index in [0.29, 0.717) is 0 Å². The Bertz CT molecular complexity index is 151. The molecule has 0 aromatic carbocycles. The van der Waals surface area contributed by atoms with Crippen molar-refractivity contribution in [2.75, 3.05) is 13.2 Å². The summed E-state index contributed by atoms with van der Waals surface area (Å²) in [6.45, 7) is 0.619. The smallest absolute Gasteiger partial charge is 0.252 e. The molecule has 0 fully saturated rings. The lowest BCUT2D eigenvalue weighted by Crippen LogP contribution is -2.25. The van der Waals surface area contributed by atoms with E-state index in [1.165, 1.54) is 13.2 Å². The molecule has 0 rings (SSSR count). The van der Waals surface area contributed by atoms with E-state index in [1.54, 1.807) is 0 Å². The average Bonchev–Trinajstić information content (AvgIpc) is 2.05. The van der Waals surface area contributed by atoms with E-state index in [9.17, 15) is 14.6 Å². The first kappa shape index (κ1) is 9.83. The molecule has 6 nitrogen and oxygen atoms in total. The Morgan fingerprint density at radius 3 is 2.36 bits per heavy atom. The highest BCUT2D eigenvalue weighted by Crippen LogP contribution is 2.10. The summed E-state index contributed by atoms with van der Waals surface area (Å²) >= 11 is 0. The molecular formula is C5H7N2O4. The van der Waals surface area contributed by atoms with Gasteiger partial charge >= 0.3 is 0 Å². The zero-order chi connectivity index (χ0) is 8.74. The SMILES string of the molecule is CC(COC[C]=O)(N=O)N=O. The highest BCUT2D eigenvalue weighted by atomic mass is 16.5. The number of nitrogens with zero attached hydrogens (tertiary/aromatic N) is 2. The van der Waals surface area contributed by atoms with E-state index >= 15 is 0 Å². The zero-order valence-corrected chi connectivity index (χ0v) is 5.94. The van der Waals surface area contributed by atoms with Crippen molar-refractivity contribution < 1.29 is 9.53 Å². The minimum atomic E-state index is -1.63. The summed E-state index contributed by atoms with van der Waals surface area (Å²) < 4.78 is 4.52. The minimum Gasteiger partial charge on any atom is -0.368 e. The first-order chi connectivity index (χ1) is 5.18. The van der Waals surface area contributed by atoms with Crippen molar-refractivity contribution in [1.82, 2.24) is 0 Å². The number of carbonyl (C=O) groups excluding carboxylic acids is 1. The van der Waals surface area contributed by atoms with Gasteiger partial charge in [0.15, 0.2) is 0 Å². The molecule has 0 heterocycles. The molecule has 61 valence electrons. The Labute approximate surface area is 62.9 Å². The van der Waals surface area contributed by atoms with Gasteiger partial charge in [0.2, 0.25) is 6.29 Å². The standard InChI is InChI=1S/C5H7N2O4/c1-5(6-9,7-10)4-11-3-2-8/h3-4H2,1H3. The number of hydrogen-bond donors (Lipinski definition) is 0. The Kier molecular flexibility index (Phi) is 4.12. The molecular weight excluding hydrogens is 152 g/mol. The Morgan fingerprint density at radius 2 is 2.00 bits per heavy atom. The second-order valence-electron chi connectivity index (χ2n) is 2.04. The molecule has 11 heavy (non-hydrogen) atoms. The largest absolute Gasteiger partial charge is 0.368 e. The maximum atomic E-state index is 9.93. The van der Waals surface area contributed by atoms with Crippen LogP contribution in [0.1, 0.15) is 6.92 Å². The summed E-state index contributed by atoms with van der Waals surface area (Å²) in [4.78, 5) is 29.5. The lowest BCUT2D eigenvalue weighted by Gasteiger charge is -2.09. The van der Waals surface area contributed by atoms with Crippen molar-refractivity contribution in [3.05, 3.63) is 9.81 Å². The van der Waals surface area contributed by atoms with Crippen LogP contribution in [0.5, 0.6) is 0 Å². The van der Waals surface area contributed by atoms with Crippen LogP contribution < -0.4 is 0 Å². The Balaban J connectivity index is 3.77. The topological polar surface area (TPSA) is 85.2 Å². The number of ether oxygens (including phenoxy) is 1. The highest BCUT2D eigenvalue weighted by Gasteiger charge is 2.26. The summed E-state index contributed by atoms with van der Waals surface area (Å²) in [5.74, 6) is 0. The first-order valence-corrected chi connectivity index (χ1v) is 2.80. The molecule has 0 aliphatic rings. The second-order valence-corrected chi connectivity index (χ2v) is 2.04. The van der Waals surface area contributed by atoms with Gasteiger partial charge in [-0.1, -0.05) is 0 Å². The van der Waals surface area contributed by atoms with Gasteiger partial charge in [-0.3, -0.25) is 4.79 Å². The van der Waals surface area contributed by atoms with Crippen molar-refractivity contribution in [3.63, 3.8) is 0 Å². The van der Waals surface area contributed by atoms with Gasteiger partial charge in [-0.05, 0) is 17.3 Å². The van der Waals surface area contributed by atoms with Crippen molar-refractivity contribution >= 4 is 6.29 Å². The zero-order valence-electron chi connectivity index (χ0n) is 5.94. The highest BCUT2D eigenvalue weighted by molar-refractivity contribution is 5.51. The molecule has 0 aliphatic heterocycles. The molecule has 0 aliphatic carbocycles. The molecule has 0 bridgehead atoms. The molecule has 1 radical (unpaired) electrons.